The predicted octanol–water partition coefficient (Wildman–Crippen LogP) is 3.00. The third kappa shape index (κ3) is 3.24. The van der Waals surface area contributed by atoms with E-state index in [4.69, 9.17) is 0 Å². The summed E-state index contributed by atoms with van der Waals surface area (Å²) in [5.41, 5.74) is 3.92. The number of amides is 2. The first-order valence-electron chi connectivity index (χ1n) is 8.46. The zero-order valence-corrected chi connectivity index (χ0v) is 16.4. The number of rotatable bonds is 5. The van der Waals surface area contributed by atoms with Crippen LogP contribution in [0.15, 0.2) is 17.5 Å². The van der Waals surface area contributed by atoms with Crippen molar-refractivity contribution < 1.29 is 9.59 Å². The summed E-state index contributed by atoms with van der Waals surface area (Å²) in [6.45, 7) is 7.76. The van der Waals surface area contributed by atoms with Crippen molar-refractivity contribution in [2.45, 2.75) is 33.7 Å². The van der Waals surface area contributed by atoms with Crippen molar-refractivity contribution in [1.82, 2.24) is 19.7 Å². The van der Waals surface area contributed by atoms with Crippen molar-refractivity contribution in [3.05, 3.63) is 34.6 Å². The molecule has 3 aromatic heterocycles. The highest BCUT2D eigenvalue weighted by molar-refractivity contribution is 7.17. The van der Waals surface area contributed by atoms with E-state index >= 15 is 0 Å². The minimum Gasteiger partial charge on any atom is -0.342 e. The Morgan fingerprint density at radius 1 is 1.31 bits per heavy atom. The largest absolute Gasteiger partial charge is 0.342 e. The van der Waals surface area contributed by atoms with Gasteiger partial charge in [0.2, 0.25) is 5.91 Å². The molecule has 0 bridgehead atoms. The van der Waals surface area contributed by atoms with E-state index in [1.807, 2.05) is 61.5 Å². The van der Waals surface area contributed by atoms with Crippen LogP contribution in [-0.2, 0) is 11.8 Å². The second-order valence-electron chi connectivity index (χ2n) is 6.57. The van der Waals surface area contributed by atoms with Crippen LogP contribution in [0.25, 0.3) is 10.2 Å². The standard InChI is InChI=1S/C18H23N5O2S/c1-10(2)23-12(4)17(11(3)21-23)20-16(24)9-19-18(25)14-8-15-13(22(14)5)6-7-26-15/h6-8,10H,9H2,1-5H3,(H,19,25)(H,20,24). The van der Waals surface area contributed by atoms with Gasteiger partial charge in [-0.05, 0) is 45.2 Å². The van der Waals surface area contributed by atoms with E-state index in [0.717, 1.165) is 21.6 Å². The summed E-state index contributed by atoms with van der Waals surface area (Å²) in [6, 6.07) is 4.03. The van der Waals surface area contributed by atoms with Crippen molar-refractivity contribution >= 4 is 39.1 Å². The Labute approximate surface area is 156 Å². The molecular formula is C18H23N5O2S. The molecule has 0 atom stereocenters. The number of hydrogen-bond donors (Lipinski definition) is 2. The number of carbonyl (C=O) groups is 2. The monoisotopic (exact) mass is 373 g/mol. The quantitative estimate of drug-likeness (QED) is 0.721. The van der Waals surface area contributed by atoms with Crippen LogP contribution < -0.4 is 10.6 Å². The second-order valence-corrected chi connectivity index (χ2v) is 7.52. The van der Waals surface area contributed by atoms with Gasteiger partial charge in [-0.3, -0.25) is 14.3 Å². The van der Waals surface area contributed by atoms with Crippen LogP contribution in [0.1, 0.15) is 41.8 Å². The first kappa shape index (κ1) is 18.2. The van der Waals surface area contributed by atoms with E-state index in [1.165, 1.54) is 0 Å². The Bertz CT molecular complexity index is 979. The number of fused-ring (bicyclic) bond motifs is 1. The first-order chi connectivity index (χ1) is 12.3. The van der Waals surface area contributed by atoms with Crippen LogP contribution in [0.4, 0.5) is 5.69 Å². The number of hydrogen-bond acceptors (Lipinski definition) is 4. The number of carbonyl (C=O) groups excluding carboxylic acids is 2. The molecule has 3 rings (SSSR count). The number of anilines is 1. The van der Waals surface area contributed by atoms with Crippen molar-refractivity contribution in [2.75, 3.05) is 11.9 Å². The molecule has 0 spiro atoms. The van der Waals surface area contributed by atoms with Gasteiger partial charge in [0, 0.05) is 13.1 Å². The smallest absolute Gasteiger partial charge is 0.268 e. The second kappa shape index (κ2) is 6.95. The van der Waals surface area contributed by atoms with Gasteiger partial charge in [0.1, 0.15) is 5.69 Å². The zero-order valence-electron chi connectivity index (χ0n) is 15.6. The Morgan fingerprint density at radius 3 is 2.65 bits per heavy atom. The highest BCUT2D eigenvalue weighted by Crippen LogP contribution is 2.24. The summed E-state index contributed by atoms with van der Waals surface area (Å²) in [5, 5.41) is 12.0. The number of nitrogens with one attached hydrogen (secondary N) is 2. The topological polar surface area (TPSA) is 81.0 Å². The zero-order chi connectivity index (χ0) is 19.0. The fourth-order valence-electron chi connectivity index (χ4n) is 3.05. The first-order valence-corrected chi connectivity index (χ1v) is 9.34. The van der Waals surface area contributed by atoms with Crippen molar-refractivity contribution in [1.29, 1.82) is 0 Å². The molecule has 0 radical (unpaired) electrons. The molecule has 0 saturated heterocycles. The van der Waals surface area contributed by atoms with Crippen LogP contribution in [0.3, 0.4) is 0 Å². The molecule has 0 fully saturated rings. The fraction of sp³-hybridized carbons (Fsp3) is 0.389. The van der Waals surface area contributed by atoms with Crippen molar-refractivity contribution in [3.63, 3.8) is 0 Å². The molecule has 3 heterocycles. The molecule has 0 unspecified atom stereocenters. The van der Waals surface area contributed by atoms with Crippen LogP contribution in [-0.4, -0.2) is 32.7 Å². The average molecular weight is 373 g/mol. The molecule has 2 amide bonds. The van der Waals surface area contributed by atoms with E-state index in [-0.39, 0.29) is 24.4 Å². The van der Waals surface area contributed by atoms with Crippen molar-refractivity contribution in [2.24, 2.45) is 7.05 Å². The molecule has 0 saturated carbocycles. The molecular weight excluding hydrogens is 350 g/mol. The summed E-state index contributed by atoms with van der Waals surface area (Å²) in [5.74, 6) is -0.541. The number of aryl methyl sites for hydroxylation is 2. The van der Waals surface area contributed by atoms with Gasteiger partial charge < -0.3 is 15.2 Å². The van der Waals surface area contributed by atoms with Crippen LogP contribution >= 0.6 is 11.3 Å². The lowest BCUT2D eigenvalue weighted by Crippen LogP contribution is -2.34. The Balaban J connectivity index is 1.65. The molecule has 3 aromatic rings. The third-order valence-corrected chi connectivity index (χ3v) is 5.24. The lowest BCUT2D eigenvalue weighted by Gasteiger charge is -2.10. The van der Waals surface area contributed by atoms with Gasteiger partial charge in [-0.25, -0.2) is 0 Å². The van der Waals surface area contributed by atoms with Gasteiger partial charge in [-0.2, -0.15) is 5.10 Å². The molecule has 2 N–H and O–H groups in total. The molecule has 0 aliphatic heterocycles. The number of aromatic nitrogens is 3. The van der Waals surface area contributed by atoms with Crippen molar-refractivity contribution in [3.8, 4) is 0 Å². The van der Waals surface area contributed by atoms with Crippen LogP contribution in [0.5, 0.6) is 0 Å². The van der Waals surface area contributed by atoms with E-state index < -0.39 is 0 Å². The lowest BCUT2D eigenvalue weighted by atomic mass is 10.3. The molecule has 0 aliphatic rings. The molecule has 138 valence electrons. The average Bonchev–Trinajstić information content (AvgIpc) is 3.24. The predicted molar refractivity (Wildman–Crippen MR) is 104 cm³/mol. The summed E-state index contributed by atoms with van der Waals surface area (Å²) in [6.07, 6.45) is 0. The van der Waals surface area contributed by atoms with E-state index in [1.54, 1.807) is 11.3 Å². The Kier molecular flexibility index (Phi) is 4.86. The lowest BCUT2D eigenvalue weighted by molar-refractivity contribution is -0.115. The number of thiophene rings is 1. The maximum absolute atomic E-state index is 12.4. The van der Waals surface area contributed by atoms with Crippen LogP contribution in [0.2, 0.25) is 0 Å². The van der Waals surface area contributed by atoms with E-state index in [0.29, 0.717) is 11.4 Å². The molecule has 8 heteroatoms. The maximum atomic E-state index is 12.4. The normalized spacial score (nSPS) is 11.3. The minimum absolute atomic E-state index is 0.0938. The highest BCUT2D eigenvalue weighted by atomic mass is 32.1. The third-order valence-electron chi connectivity index (χ3n) is 4.38. The van der Waals surface area contributed by atoms with Crippen LogP contribution in [0, 0.1) is 13.8 Å². The Hall–Kier alpha value is -2.61. The van der Waals surface area contributed by atoms with E-state index in [2.05, 4.69) is 15.7 Å². The summed E-state index contributed by atoms with van der Waals surface area (Å²) in [7, 11) is 1.84. The van der Waals surface area contributed by atoms with Gasteiger partial charge in [0.05, 0.1) is 33.8 Å². The van der Waals surface area contributed by atoms with Gasteiger partial charge in [-0.1, -0.05) is 0 Å². The number of nitrogens with zero attached hydrogens (tertiary/aromatic N) is 3. The van der Waals surface area contributed by atoms with Gasteiger partial charge >= 0.3 is 0 Å². The Morgan fingerprint density at radius 2 is 2.04 bits per heavy atom. The van der Waals surface area contributed by atoms with Gasteiger partial charge in [0.25, 0.3) is 5.91 Å². The molecule has 7 nitrogen and oxygen atoms in total. The van der Waals surface area contributed by atoms with Gasteiger partial charge in [0.15, 0.2) is 0 Å². The minimum atomic E-state index is -0.274. The summed E-state index contributed by atoms with van der Waals surface area (Å²) < 4.78 is 4.76. The molecule has 0 aliphatic carbocycles. The SMILES string of the molecule is Cc1nn(C(C)C)c(C)c1NC(=O)CNC(=O)c1cc2sccc2n1C. The highest BCUT2D eigenvalue weighted by Gasteiger charge is 2.18. The molecule has 26 heavy (non-hydrogen) atoms. The maximum Gasteiger partial charge on any atom is 0.268 e. The summed E-state index contributed by atoms with van der Waals surface area (Å²) in [4.78, 5) is 24.7. The summed E-state index contributed by atoms with van der Waals surface area (Å²) >= 11 is 1.58. The molecule has 0 aromatic carbocycles. The fourth-order valence-corrected chi connectivity index (χ4v) is 3.90. The van der Waals surface area contributed by atoms with Gasteiger partial charge in [-0.15, -0.1) is 11.3 Å². The van der Waals surface area contributed by atoms with E-state index in [9.17, 15) is 9.59 Å².